The van der Waals surface area contributed by atoms with Crippen molar-refractivity contribution in [2.75, 3.05) is 26.1 Å². The highest BCUT2D eigenvalue weighted by Gasteiger charge is 2.09. The maximum absolute atomic E-state index is 5.70. The molecule has 112 valence electrons. The second-order valence-corrected chi connectivity index (χ2v) is 4.46. The first-order valence-corrected chi connectivity index (χ1v) is 6.95. The highest BCUT2D eigenvalue weighted by atomic mass is 16.5. The minimum atomic E-state index is 0.607. The van der Waals surface area contributed by atoms with Crippen LogP contribution in [0.15, 0.2) is 42.5 Å². The molecule has 4 heteroatoms. The van der Waals surface area contributed by atoms with Crippen molar-refractivity contribution in [1.29, 1.82) is 0 Å². The van der Waals surface area contributed by atoms with Crippen molar-refractivity contribution < 1.29 is 14.2 Å². The van der Waals surface area contributed by atoms with Gasteiger partial charge in [0.2, 0.25) is 0 Å². The van der Waals surface area contributed by atoms with Gasteiger partial charge in [-0.25, -0.2) is 0 Å². The van der Waals surface area contributed by atoms with Crippen LogP contribution in [0, 0.1) is 0 Å². The predicted octanol–water partition coefficient (Wildman–Crippen LogP) is 3.71. The molecule has 0 fully saturated rings. The van der Waals surface area contributed by atoms with Gasteiger partial charge in [-0.05, 0) is 37.3 Å². The summed E-state index contributed by atoms with van der Waals surface area (Å²) in [5.41, 5.74) is 2.09. The Morgan fingerprint density at radius 2 is 1.71 bits per heavy atom. The summed E-state index contributed by atoms with van der Waals surface area (Å²) in [7, 11) is 3.31. The topological polar surface area (TPSA) is 39.7 Å². The van der Waals surface area contributed by atoms with Crippen LogP contribution >= 0.6 is 0 Å². The molecule has 0 aliphatic carbocycles. The first kappa shape index (κ1) is 15.0. The number of rotatable bonds is 7. The van der Waals surface area contributed by atoms with Crippen molar-refractivity contribution in [2.45, 2.75) is 13.5 Å². The number of hydrogen-bond acceptors (Lipinski definition) is 4. The van der Waals surface area contributed by atoms with E-state index in [1.807, 2.05) is 49.4 Å². The minimum Gasteiger partial charge on any atom is -0.497 e. The van der Waals surface area contributed by atoms with Gasteiger partial charge < -0.3 is 19.5 Å². The maximum atomic E-state index is 5.70. The summed E-state index contributed by atoms with van der Waals surface area (Å²) in [5, 5.41) is 3.37. The lowest BCUT2D eigenvalue weighted by molar-refractivity contribution is 0.308. The van der Waals surface area contributed by atoms with Gasteiger partial charge in [0.15, 0.2) is 11.5 Å². The normalized spacial score (nSPS) is 10.0. The molecule has 0 atom stereocenters. The van der Waals surface area contributed by atoms with Crippen LogP contribution in [0.25, 0.3) is 0 Å². The van der Waals surface area contributed by atoms with Crippen molar-refractivity contribution in [3.8, 4) is 17.2 Å². The Balaban J connectivity index is 2.11. The average molecular weight is 287 g/mol. The first-order valence-electron chi connectivity index (χ1n) is 6.95. The summed E-state index contributed by atoms with van der Waals surface area (Å²) in [5.74, 6) is 2.39. The minimum absolute atomic E-state index is 0.607. The molecule has 0 aliphatic heterocycles. The molecule has 2 rings (SSSR count). The quantitative estimate of drug-likeness (QED) is 0.842. The van der Waals surface area contributed by atoms with Crippen LogP contribution in [-0.4, -0.2) is 20.8 Å². The van der Waals surface area contributed by atoms with E-state index in [0.717, 1.165) is 28.5 Å². The summed E-state index contributed by atoms with van der Waals surface area (Å²) in [6, 6.07) is 13.7. The van der Waals surface area contributed by atoms with Gasteiger partial charge >= 0.3 is 0 Å². The van der Waals surface area contributed by atoms with Gasteiger partial charge in [-0.3, -0.25) is 0 Å². The Morgan fingerprint density at radius 3 is 2.33 bits per heavy atom. The Kier molecular flexibility index (Phi) is 5.32. The lowest BCUT2D eigenvalue weighted by atomic mass is 10.1. The van der Waals surface area contributed by atoms with Crippen LogP contribution in [0.1, 0.15) is 12.5 Å². The van der Waals surface area contributed by atoms with Crippen molar-refractivity contribution >= 4 is 5.69 Å². The first-order chi connectivity index (χ1) is 10.3. The second-order valence-electron chi connectivity index (χ2n) is 4.46. The summed E-state index contributed by atoms with van der Waals surface area (Å²) in [4.78, 5) is 0. The molecule has 0 unspecified atom stereocenters. The number of hydrogen-bond donors (Lipinski definition) is 1. The van der Waals surface area contributed by atoms with Crippen LogP contribution in [0.4, 0.5) is 5.69 Å². The van der Waals surface area contributed by atoms with E-state index in [1.54, 1.807) is 14.2 Å². The zero-order chi connectivity index (χ0) is 15.1. The van der Waals surface area contributed by atoms with Crippen LogP contribution in [-0.2, 0) is 6.54 Å². The lowest BCUT2D eigenvalue weighted by Gasteiger charge is -2.15. The molecule has 0 aliphatic rings. The standard InChI is InChI=1S/C17H21NO3/c1-4-21-17-13(6-5-7-16(17)20-3)12-18-14-8-10-15(19-2)11-9-14/h5-11,18H,4,12H2,1-3H3. The maximum Gasteiger partial charge on any atom is 0.166 e. The fraction of sp³-hybridized carbons (Fsp3) is 0.294. The molecule has 2 aromatic rings. The molecule has 0 saturated carbocycles. The fourth-order valence-corrected chi connectivity index (χ4v) is 2.08. The van der Waals surface area contributed by atoms with Gasteiger partial charge in [-0.2, -0.15) is 0 Å². The molecule has 0 heterocycles. The lowest BCUT2D eigenvalue weighted by Crippen LogP contribution is -2.04. The van der Waals surface area contributed by atoms with Crippen LogP contribution in [0.2, 0.25) is 0 Å². The molecule has 21 heavy (non-hydrogen) atoms. The van der Waals surface area contributed by atoms with E-state index in [2.05, 4.69) is 5.32 Å². The van der Waals surface area contributed by atoms with E-state index >= 15 is 0 Å². The van der Waals surface area contributed by atoms with Crippen LogP contribution in [0.5, 0.6) is 17.2 Å². The van der Waals surface area contributed by atoms with Gasteiger partial charge in [0.1, 0.15) is 5.75 Å². The molecule has 0 aromatic heterocycles. The van der Waals surface area contributed by atoms with E-state index in [9.17, 15) is 0 Å². The zero-order valence-corrected chi connectivity index (χ0v) is 12.7. The molecule has 0 saturated heterocycles. The van der Waals surface area contributed by atoms with Gasteiger partial charge in [-0.15, -0.1) is 0 Å². The molecule has 0 spiro atoms. The summed E-state index contributed by atoms with van der Waals surface area (Å²) >= 11 is 0. The summed E-state index contributed by atoms with van der Waals surface area (Å²) in [6.45, 7) is 3.24. The van der Waals surface area contributed by atoms with Crippen molar-refractivity contribution in [3.05, 3.63) is 48.0 Å². The third kappa shape index (κ3) is 3.81. The molecule has 0 radical (unpaired) electrons. The molecule has 0 amide bonds. The number of anilines is 1. The third-order valence-electron chi connectivity index (χ3n) is 3.14. The Morgan fingerprint density at radius 1 is 0.952 bits per heavy atom. The average Bonchev–Trinajstić information content (AvgIpc) is 2.54. The number of benzene rings is 2. The Bertz CT molecular complexity index is 567. The van der Waals surface area contributed by atoms with Gasteiger partial charge in [0.05, 0.1) is 20.8 Å². The van der Waals surface area contributed by atoms with Crippen LogP contribution < -0.4 is 19.5 Å². The Labute approximate surface area is 125 Å². The predicted molar refractivity (Wildman–Crippen MR) is 84.5 cm³/mol. The summed E-state index contributed by atoms with van der Waals surface area (Å²) < 4.78 is 16.2. The highest BCUT2D eigenvalue weighted by molar-refractivity contribution is 5.51. The fourth-order valence-electron chi connectivity index (χ4n) is 2.08. The van der Waals surface area contributed by atoms with Crippen molar-refractivity contribution in [2.24, 2.45) is 0 Å². The van der Waals surface area contributed by atoms with E-state index < -0.39 is 0 Å². The van der Waals surface area contributed by atoms with Crippen LogP contribution in [0.3, 0.4) is 0 Å². The summed E-state index contributed by atoms with van der Waals surface area (Å²) in [6.07, 6.45) is 0. The number of para-hydroxylation sites is 1. The molecule has 0 bridgehead atoms. The van der Waals surface area contributed by atoms with Crippen molar-refractivity contribution in [3.63, 3.8) is 0 Å². The van der Waals surface area contributed by atoms with Gasteiger partial charge in [-0.1, -0.05) is 12.1 Å². The molecule has 4 nitrogen and oxygen atoms in total. The van der Waals surface area contributed by atoms with E-state index in [1.165, 1.54) is 0 Å². The number of methoxy groups -OCH3 is 2. The smallest absolute Gasteiger partial charge is 0.166 e. The van der Waals surface area contributed by atoms with Gasteiger partial charge in [0.25, 0.3) is 0 Å². The number of nitrogens with one attached hydrogen (secondary N) is 1. The van der Waals surface area contributed by atoms with E-state index in [0.29, 0.717) is 13.2 Å². The highest BCUT2D eigenvalue weighted by Crippen LogP contribution is 2.31. The molecule has 1 N–H and O–H groups in total. The van der Waals surface area contributed by atoms with Gasteiger partial charge in [0, 0.05) is 17.8 Å². The molecular formula is C17H21NO3. The third-order valence-corrected chi connectivity index (χ3v) is 3.14. The SMILES string of the molecule is CCOc1c(CNc2ccc(OC)cc2)cccc1OC. The number of ether oxygens (including phenoxy) is 3. The molecule has 2 aromatic carbocycles. The molecular weight excluding hydrogens is 266 g/mol. The largest absolute Gasteiger partial charge is 0.497 e. The second kappa shape index (κ2) is 7.43. The van der Waals surface area contributed by atoms with E-state index in [4.69, 9.17) is 14.2 Å². The zero-order valence-electron chi connectivity index (χ0n) is 12.7. The Hall–Kier alpha value is -2.36. The van der Waals surface area contributed by atoms with E-state index in [-0.39, 0.29) is 0 Å². The monoisotopic (exact) mass is 287 g/mol. The van der Waals surface area contributed by atoms with Crippen molar-refractivity contribution in [1.82, 2.24) is 0 Å².